The van der Waals surface area contributed by atoms with Gasteiger partial charge in [0.2, 0.25) is 5.82 Å². The predicted octanol–water partition coefficient (Wildman–Crippen LogP) is 3.90. The molecule has 3 N–H and O–H groups in total. The van der Waals surface area contributed by atoms with E-state index in [1.165, 1.54) is 5.56 Å². The second-order valence-corrected chi connectivity index (χ2v) is 8.08. The third kappa shape index (κ3) is 4.49. The number of aromatic nitrogens is 7. The molecule has 8 heteroatoms. The number of aryl methyl sites for hydroxylation is 1. The molecule has 2 heterocycles. The molecule has 3 aromatic carbocycles. The molecular formula is C26H26N8. The van der Waals surface area contributed by atoms with Gasteiger partial charge in [-0.1, -0.05) is 79.7 Å². The van der Waals surface area contributed by atoms with Gasteiger partial charge in [0, 0.05) is 17.5 Å². The molecule has 0 unspecified atom stereocenters. The quantitative estimate of drug-likeness (QED) is 0.371. The highest BCUT2D eigenvalue weighted by atomic mass is 15.5. The summed E-state index contributed by atoms with van der Waals surface area (Å²) in [4.78, 5) is 4.78. The van der Waals surface area contributed by atoms with E-state index in [2.05, 4.69) is 82.1 Å². The Morgan fingerprint density at radius 3 is 2.24 bits per heavy atom. The normalized spacial score (nSPS) is 11.1. The summed E-state index contributed by atoms with van der Waals surface area (Å²) >= 11 is 0. The lowest BCUT2D eigenvalue weighted by atomic mass is 9.98. The highest BCUT2D eigenvalue weighted by molar-refractivity contribution is 5.80. The fourth-order valence-electron chi connectivity index (χ4n) is 4.02. The van der Waals surface area contributed by atoms with Crippen LogP contribution in [0.25, 0.3) is 33.9 Å². The fourth-order valence-corrected chi connectivity index (χ4v) is 4.02. The zero-order chi connectivity index (χ0) is 23.3. The van der Waals surface area contributed by atoms with Gasteiger partial charge >= 0.3 is 0 Å². The van der Waals surface area contributed by atoms with Crippen molar-refractivity contribution >= 4 is 0 Å². The molecule has 5 aromatic rings. The van der Waals surface area contributed by atoms with Crippen LogP contribution in [0.1, 0.15) is 23.9 Å². The van der Waals surface area contributed by atoms with Crippen molar-refractivity contribution in [2.45, 2.75) is 26.3 Å². The number of nitrogens with one attached hydrogen (secondary N) is 1. The van der Waals surface area contributed by atoms with E-state index in [1.807, 2.05) is 22.9 Å². The first-order valence-corrected chi connectivity index (χ1v) is 11.4. The van der Waals surface area contributed by atoms with Crippen molar-refractivity contribution < 1.29 is 0 Å². The SMILES string of the molecule is CCc1nc(-c2ccc(CCN)cc2)n(Cc2ccc(-c3ccccc3-c3nn[nH]n3)cc2)n1. The third-order valence-electron chi connectivity index (χ3n) is 5.79. The minimum absolute atomic E-state index is 0.580. The van der Waals surface area contributed by atoms with Gasteiger partial charge in [0.25, 0.3) is 0 Å². The summed E-state index contributed by atoms with van der Waals surface area (Å²) in [6.45, 7) is 3.36. The maximum absolute atomic E-state index is 5.68. The van der Waals surface area contributed by atoms with Gasteiger partial charge in [0.1, 0.15) is 0 Å². The van der Waals surface area contributed by atoms with Crippen LogP contribution >= 0.6 is 0 Å². The van der Waals surface area contributed by atoms with Crippen LogP contribution in [0.2, 0.25) is 0 Å². The maximum atomic E-state index is 5.68. The molecular weight excluding hydrogens is 424 g/mol. The van der Waals surface area contributed by atoms with E-state index in [1.54, 1.807) is 0 Å². The molecule has 0 saturated carbocycles. The van der Waals surface area contributed by atoms with Crippen LogP contribution in [0.15, 0.2) is 72.8 Å². The Kier molecular flexibility index (Phi) is 6.22. The van der Waals surface area contributed by atoms with Gasteiger partial charge in [0.05, 0.1) is 6.54 Å². The Labute approximate surface area is 197 Å². The van der Waals surface area contributed by atoms with E-state index in [0.29, 0.717) is 18.9 Å². The lowest BCUT2D eigenvalue weighted by molar-refractivity contribution is 0.680. The van der Waals surface area contributed by atoms with Crippen molar-refractivity contribution in [3.05, 3.63) is 89.7 Å². The van der Waals surface area contributed by atoms with Gasteiger partial charge in [-0.05, 0) is 40.4 Å². The molecule has 0 aliphatic carbocycles. The molecule has 0 fully saturated rings. The molecule has 0 aliphatic heterocycles. The molecule has 0 spiro atoms. The molecule has 0 saturated heterocycles. The van der Waals surface area contributed by atoms with Crippen LogP contribution in [0.3, 0.4) is 0 Å². The van der Waals surface area contributed by atoms with E-state index >= 15 is 0 Å². The van der Waals surface area contributed by atoms with Gasteiger partial charge in [-0.3, -0.25) is 0 Å². The fraction of sp³-hybridized carbons (Fsp3) is 0.192. The number of nitrogens with two attached hydrogens (primary N) is 1. The molecule has 0 aliphatic rings. The Morgan fingerprint density at radius 2 is 1.56 bits per heavy atom. The van der Waals surface area contributed by atoms with Crippen molar-refractivity contribution in [2.75, 3.05) is 6.54 Å². The molecule has 5 rings (SSSR count). The number of hydrogen-bond acceptors (Lipinski definition) is 6. The molecule has 0 atom stereocenters. The van der Waals surface area contributed by atoms with Gasteiger partial charge < -0.3 is 5.73 Å². The number of H-pyrrole nitrogens is 1. The first-order valence-electron chi connectivity index (χ1n) is 11.4. The molecule has 34 heavy (non-hydrogen) atoms. The van der Waals surface area contributed by atoms with Crippen LogP contribution in [0.5, 0.6) is 0 Å². The molecule has 170 valence electrons. The number of rotatable bonds is 8. The number of benzene rings is 3. The number of aromatic amines is 1. The summed E-state index contributed by atoms with van der Waals surface area (Å²) in [5.74, 6) is 2.30. The Bertz CT molecular complexity index is 1350. The summed E-state index contributed by atoms with van der Waals surface area (Å²) in [5.41, 5.74) is 12.2. The summed E-state index contributed by atoms with van der Waals surface area (Å²) in [6, 6.07) is 25.0. The smallest absolute Gasteiger partial charge is 0.205 e. The first kappa shape index (κ1) is 21.7. The van der Waals surface area contributed by atoms with Crippen molar-refractivity contribution in [3.8, 4) is 33.9 Å². The highest BCUT2D eigenvalue weighted by Gasteiger charge is 2.13. The van der Waals surface area contributed by atoms with Crippen LogP contribution in [-0.4, -0.2) is 41.9 Å². The summed E-state index contributed by atoms with van der Waals surface area (Å²) in [5, 5.41) is 19.2. The lowest BCUT2D eigenvalue weighted by Crippen LogP contribution is -2.05. The van der Waals surface area contributed by atoms with Crippen LogP contribution in [0.4, 0.5) is 0 Å². The van der Waals surface area contributed by atoms with Gasteiger partial charge in [-0.25, -0.2) is 9.67 Å². The van der Waals surface area contributed by atoms with Crippen LogP contribution in [0, 0.1) is 0 Å². The van der Waals surface area contributed by atoms with E-state index in [-0.39, 0.29) is 0 Å². The van der Waals surface area contributed by atoms with Gasteiger partial charge in [0.15, 0.2) is 11.6 Å². The minimum atomic E-state index is 0.580. The van der Waals surface area contributed by atoms with Crippen molar-refractivity contribution in [1.82, 2.24) is 35.4 Å². The lowest BCUT2D eigenvalue weighted by Gasteiger charge is -2.10. The highest BCUT2D eigenvalue weighted by Crippen LogP contribution is 2.30. The monoisotopic (exact) mass is 450 g/mol. The largest absolute Gasteiger partial charge is 0.330 e. The maximum Gasteiger partial charge on any atom is 0.205 e. The standard InChI is InChI=1S/C26H26N8/c1-2-24-28-26(21-13-7-18(8-14-21)15-16-27)34(31-24)17-19-9-11-20(12-10-19)22-5-3-4-6-23(22)25-29-32-33-30-25/h3-14H,2,15-17,27H2,1H3,(H,29,30,32,33). The molecule has 0 bridgehead atoms. The zero-order valence-corrected chi connectivity index (χ0v) is 19.0. The average Bonchev–Trinajstić information content (AvgIpc) is 3.56. The number of nitrogens with zero attached hydrogens (tertiary/aromatic N) is 6. The first-order chi connectivity index (χ1) is 16.7. The van der Waals surface area contributed by atoms with Crippen molar-refractivity contribution in [3.63, 3.8) is 0 Å². The Hall–Kier alpha value is -4.17. The second-order valence-electron chi connectivity index (χ2n) is 8.08. The van der Waals surface area contributed by atoms with E-state index in [0.717, 1.165) is 52.3 Å². The van der Waals surface area contributed by atoms with Crippen molar-refractivity contribution in [1.29, 1.82) is 0 Å². The predicted molar refractivity (Wildman–Crippen MR) is 132 cm³/mol. The molecule has 2 aromatic heterocycles. The van der Waals surface area contributed by atoms with Gasteiger partial charge in [-0.15, -0.1) is 10.2 Å². The molecule has 8 nitrogen and oxygen atoms in total. The Morgan fingerprint density at radius 1 is 0.853 bits per heavy atom. The van der Waals surface area contributed by atoms with Crippen molar-refractivity contribution in [2.24, 2.45) is 5.73 Å². The molecule has 0 radical (unpaired) electrons. The summed E-state index contributed by atoms with van der Waals surface area (Å²) in [7, 11) is 0. The van der Waals surface area contributed by atoms with Crippen LogP contribution in [-0.2, 0) is 19.4 Å². The number of hydrogen-bond donors (Lipinski definition) is 2. The molecule has 0 amide bonds. The topological polar surface area (TPSA) is 111 Å². The summed E-state index contributed by atoms with van der Waals surface area (Å²) in [6.07, 6.45) is 1.66. The van der Waals surface area contributed by atoms with Crippen LogP contribution < -0.4 is 5.73 Å². The minimum Gasteiger partial charge on any atom is -0.330 e. The number of tetrazole rings is 1. The summed E-state index contributed by atoms with van der Waals surface area (Å²) < 4.78 is 1.99. The van der Waals surface area contributed by atoms with E-state index in [4.69, 9.17) is 15.8 Å². The van der Waals surface area contributed by atoms with E-state index < -0.39 is 0 Å². The average molecular weight is 451 g/mol. The van der Waals surface area contributed by atoms with E-state index in [9.17, 15) is 0 Å². The Balaban J connectivity index is 1.42. The third-order valence-corrected chi connectivity index (χ3v) is 5.79. The zero-order valence-electron chi connectivity index (χ0n) is 19.0. The van der Waals surface area contributed by atoms with Gasteiger partial charge in [-0.2, -0.15) is 10.3 Å². The second kappa shape index (κ2) is 9.76.